The van der Waals surface area contributed by atoms with E-state index in [1.54, 1.807) is 10.8 Å². The lowest BCUT2D eigenvalue weighted by Gasteiger charge is -2.08. The number of carbonyl (C=O) groups excluding carboxylic acids is 1. The summed E-state index contributed by atoms with van der Waals surface area (Å²) in [6, 6.07) is 18.5. The van der Waals surface area contributed by atoms with Gasteiger partial charge < -0.3 is 20.1 Å². The summed E-state index contributed by atoms with van der Waals surface area (Å²) in [5.41, 5.74) is 4.27. The molecular weight excluding hydrogens is 432 g/mol. The summed E-state index contributed by atoms with van der Waals surface area (Å²) in [6.07, 6.45) is 3.20. The van der Waals surface area contributed by atoms with E-state index in [-0.39, 0.29) is 12.7 Å². The van der Waals surface area contributed by atoms with E-state index in [0.717, 1.165) is 22.6 Å². The summed E-state index contributed by atoms with van der Waals surface area (Å²) < 4.78 is 12.4. The average Bonchev–Trinajstić information content (AvgIpc) is 3.44. The predicted octanol–water partition coefficient (Wildman–Crippen LogP) is 4.40. The maximum absolute atomic E-state index is 12.3. The molecule has 0 saturated carbocycles. The van der Waals surface area contributed by atoms with E-state index in [0.29, 0.717) is 28.8 Å². The molecule has 9 heteroatoms. The smallest absolute Gasteiger partial charge is 0.248 e. The molecule has 2 aromatic heterocycles. The van der Waals surface area contributed by atoms with Crippen molar-refractivity contribution in [1.29, 1.82) is 0 Å². The molecule has 9 nitrogen and oxygen atoms in total. The molecule has 5 rings (SSSR count). The zero-order valence-corrected chi connectivity index (χ0v) is 18.6. The van der Waals surface area contributed by atoms with Gasteiger partial charge in [-0.3, -0.25) is 4.79 Å². The Hall–Kier alpha value is -4.66. The molecule has 0 unspecified atom stereocenters. The molecule has 0 aliphatic carbocycles. The minimum absolute atomic E-state index is 0.219. The number of nitrogens with zero attached hydrogens (tertiary/aromatic N) is 4. The van der Waals surface area contributed by atoms with Crippen LogP contribution in [0.5, 0.6) is 11.5 Å². The first-order valence-corrected chi connectivity index (χ1v) is 10.7. The Kier molecular flexibility index (Phi) is 5.65. The molecule has 3 heterocycles. The average molecular weight is 454 g/mol. The molecular formula is C25H22N6O3. The number of ether oxygens (including phenoxy) is 2. The van der Waals surface area contributed by atoms with Crippen LogP contribution in [-0.4, -0.2) is 32.7 Å². The Balaban J connectivity index is 1.17. The van der Waals surface area contributed by atoms with Gasteiger partial charge in [0.15, 0.2) is 23.1 Å². The zero-order valence-electron chi connectivity index (χ0n) is 18.6. The SMILES string of the molecule is Cc1cc(C)n(-c2ccc(Nc3ccc(NC(=O)/C=C/c4ccc5c(c4)OCO5)cc3)nn2)n1. The van der Waals surface area contributed by atoms with Crippen molar-refractivity contribution in [3.05, 3.63) is 83.7 Å². The second-order valence-electron chi connectivity index (χ2n) is 7.75. The third-order valence-corrected chi connectivity index (χ3v) is 5.13. The lowest BCUT2D eigenvalue weighted by molar-refractivity contribution is -0.111. The van der Waals surface area contributed by atoms with Crippen LogP contribution in [0.15, 0.2) is 66.7 Å². The van der Waals surface area contributed by atoms with Crippen LogP contribution in [-0.2, 0) is 4.79 Å². The van der Waals surface area contributed by atoms with Crippen LogP contribution >= 0.6 is 0 Å². The largest absolute Gasteiger partial charge is 0.454 e. The number of rotatable bonds is 6. The van der Waals surface area contributed by atoms with Crippen molar-refractivity contribution in [2.24, 2.45) is 0 Å². The number of hydrogen-bond donors (Lipinski definition) is 2. The summed E-state index contributed by atoms with van der Waals surface area (Å²) in [5, 5.41) is 18.9. The Morgan fingerprint density at radius 2 is 1.74 bits per heavy atom. The number of hydrogen-bond acceptors (Lipinski definition) is 7. The van der Waals surface area contributed by atoms with Crippen LogP contribution in [0.1, 0.15) is 17.0 Å². The fourth-order valence-electron chi connectivity index (χ4n) is 3.52. The highest BCUT2D eigenvalue weighted by atomic mass is 16.7. The molecule has 0 bridgehead atoms. The molecule has 0 fully saturated rings. The standard InChI is InChI=1S/C25H22N6O3/c1-16-13-17(2)31(30-16)24-11-10-23(28-29-24)26-19-5-7-20(8-6-19)27-25(32)12-4-18-3-9-21-22(14-18)34-15-33-21/h3-14H,15H2,1-2H3,(H,26,28)(H,27,32)/b12-4+. The first-order valence-electron chi connectivity index (χ1n) is 10.7. The molecule has 1 aliphatic rings. The maximum Gasteiger partial charge on any atom is 0.248 e. The Labute approximate surface area is 196 Å². The van der Waals surface area contributed by atoms with Crippen LogP contribution in [0.3, 0.4) is 0 Å². The van der Waals surface area contributed by atoms with Gasteiger partial charge in [-0.05, 0) is 80.1 Å². The number of aromatic nitrogens is 4. The van der Waals surface area contributed by atoms with Gasteiger partial charge in [0.05, 0.1) is 5.69 Å². The van der Waals surface area contributed by atoms with Gasteiger partial charge in [0.25, 0.3) is 0 Å². The van der Waals surface area contributed by atoms with Crippen LogP contribution in [0.2, 0.25) is 0 Å². The van der Waals surface area contributed by atoms with E-state index in [1.165, 1.54) is 6.08 Å². The molecule has 4 aromatic rings. The van der Waals surface area contributed by atoms with E-state index in [9.17, 15) is 4.79 Å². The minimum atomic E-state index is -0.232. The van der Waals surface area contributed by atoms with Gasteiger partial charge in [-0.2, -0.15) is 5.10 Å². The maximum atomic E-state index is 12.3. The summed E-state index contributed by atoms with van der Waals surface area (Å²) in [5.74, 6) is 2.41. The van der Waals surface area contributed by atoms with Gasteiger partial charge in [-0.15, -0.1) is 10.2 Å². The topological polar surface area (TPSA) is 103 Å². The molecule has 0 radical (unpaired) electrons. The second-order valence-corrected chi connectivity index (χ2v) is 7.75. The molecule has 1 amide bonds. The molecule has 34 heavy (non-hydrogen) atoms. The Morgan fingerprint density at radius 1 is 0.941 bits per heavy atom. The molecule has 0 saturated heterocycles. The zero-order chi connectivity index (χ0) is 23.5. The molecule has 0 spiro atoms. The van der Waals surface area contributed by atoms with Gasteiger partial charge in [0, 0.05) is 23.1 Å². The number of aryl methyl sites for hydroxylation is 2. The summed E-state index contributed by atoms with van der Waals surface area (Å²) in [6.45, 7) is 4.13. The van der Waals surface area contributed by atoms with Gasteiger partial charge in [0.2, 0.25) is 12.7 Å². The number of carbonyl (C=O) groups is 1. The van der Waals surface area contributed by atoms with Crippen LogP contribution in [0.25, 0.3) is 11.9 Å². The Bertz CT molecular complexity index is 1360. The quantitative estimate of drug-likeness (QED) is 0.416. The first kappa shape index (κ1) is 21.2. The van der Waals surface area contributed by atoms with Gasteiger partial charge >= 0.3 is 0 Å². The molecule has 2 aromatic carbocycles. The van der Waals surface area contributed by atoms with Crippen molar-refractivity contribution < 1.29 is 14.3 Å². The van der Waals surface area contributed by atoms with E-state index < -0.39 is 0 Å². The fraction of sp³-hybridized carbons (Fsp3) is 0.120. The highest BCUT2D eigenvalue weighted by Crippen LogP contribution is 2.32. The van der Waals surface area contributed by atoms with E-state index in [4.69, 9.17) is 9.47 Å². The number of fused-ring (bicyclic) bond motifs is 1. The van der Waals surface area contributed by atoms with Crippen LogP contribution < -0.4 is 20.1 Å². The normalized spacial score (nSPS) is 12.2. The molecule has 1 aliphatic heterocycles. The molecule has 2 N–H and O–H groups in total. The number of amides is 1. The van der Waals surface area contributed by atoms with Crippen LogP contribution in [0.4, 0.5) is 17.2 Å². The number of benzene rings is 2. The monoisotopic (exact) mass is 454 g/mol. The third kappa shape index (κ3) is 4.73. The lowest BCUT2D eigenvalue weighted by Crippen LogP contribution is -2.07. The van der Waals surface area contributed by atoms with Crippen LogP contribution in [0, 0.1) is 13.8 Å². The Morgan fingerprint density at radius 3 is 2.47 bits per heavy atom. The third-order valence-electron chi connectivity index (χ3n) is 5.13. The highest BCUT2D eigenvalue weighted by Gasteiger charge is 2.12. The van der Waals surface area contributed by atoms with Gasteiger partial charge in [-0.1, -0.05) is 6.07 Å². The summed E-state index contributed by atoms with van der Waals surface area (Å²) in [4.78, 5) is 12.3. The van der Waals surface area contributed by atoms with Crippen molar-refractivity contribution in [3.63, 3.8) is 0 Å². The molecule has 0 atom stereocenters. The predicted molar refractivity (Wildman–Crippen MR) is 129 cm³/mol. The fourth-order valence-corrected chi connectivity index (χ4v) is 3.52. The van der Waals surface area contributed by atoms with Crippen molar-refractivity contribution in [1.82, 2.24) is 20.0 Å². The van der Waals surface area contributed by atoms with E-state index in [1.807, 2.05) is 74.5 Å². The van der Waals surface area contributed by atoms with Crippen molar-refractivity contribution in [2.45, 2.75) is 13.8 Å². The second kappa shape index (κ2) is 9.07. The summed E-state index contributed by atoms with van der Waals surface area (Å²) >= 11 is 0. The highest BCUT2D eigenvalue weighted by molar-refractivity contribution is 6.02. The number of nitrogens with one attached hydrogen (secondary N) is 2. The van der Waals surface area contributed by atoms with Gasteiger partial charge in [0.1, 0.15) is 0 Å². The van der Waals surface area contributed by atoms with E-state index in [2.05, 4.69) is 25.9 Å². The van der Waals surface area contributed by atoms with Crippen molar-refractivity contribution in [3.8, 4) is 17.3 Å². The minimum Gasteiger partial charge on any atom is -0.454 e. The lowest BCUT2D eigenvalue weighted by atomic mass is 10.2. The van der Waals surface area contributed by atoms with E-state index >= 15 is 0 Å². The molecule has 170 valence electrons. The van der Waals surface area contributed by atoms with Crippen molar-refractivity contribution >= 4 is 29.2 Å². The van der Waals surface area contributed by atoms with Crippen molar-refractivity contribution in [2.75, 3.05) is 17.4 Å². The number of anilines is 3. The first-order chi connectivity index (χ1) is 16.5. The van der Waals surface area contributed by atoms with Gasteiger partial charge in [-0.25, -0.2) is 4.68 Å². The summed E-state index contributed by atoms with van der Waals surface area (Å²) in [7, 11) is 0.